The predicted molar refractivity (Wildman–Crippen MR) is 207 cm³/mol. The van der Waals surface area contributed by atoms with Gasteiger partial charge in [-0.25, -0.2) is 4.99 Å². The Hall–Kier alpha value is -3.35. The predicted octanol–water partition coefficient (Wildman–Crippen LogP) is 12.1. The molecule has 0 aliphatic carbocycles. The Morgan fingerprint density at radius 2 is 1.08 bits per heavy atom. The van der Waals surface area contributed by atoms with Crippen molar-refractivity contribution in [3.05, 3.63) is 135 Å². The summed E-state index contributed by atoms with van der Waals surface area (Å²) < 4.78 is 8.73. The number of aliphatic imine (C=N–C) groups is 1. The first-order chi connectivity index (χ1) is 23.0. The zero-order valence-corrected chi connectivity index (χ0v) is 34.1. The van der Waals surface area contributed by atoms with Gasteiger partial charge in [0.1, 0.15) is 5.84 Å². The zero-order valence-electron chi connectivity index (χ0n) is 31.0. The van der Waals surface area contributed by atoms with Gasteiger partial charge in [-0.15, -0.1) is 0 Å². The molecular weight excluding hydrogens is 681 g/mol. The summed E-state index contributed by atoms with van der Waals surface area (Å²) in [6.45, 7) is 25.6. The number of aromatic nitrogens is 2. The molecule has 5 rings (SSSR count). The summed E-state index contributed by atoms with van der Waals surface area (Å²) in [4.78, 5) is 10.1. The molecule has 0 saturated heterocycles. The molecule has 0 fully saturated rings. The average molecular weight is 731 g/mol. The van der Waals surface area contributed by atoms with E-state index in [2.05, 4.69) is 150 Å². The Morgan fingerprint density at radius 3 is 1.51 bits per heavy atom. The SMILES string of the molecule is CC(=Nc1c(C)cccc1C)N=c1n(-c2c(C)cc(C)cc2C)ccn1-c1c(C)cc(C)cc1C.CC(C)(C)c1ccccc1[N]=[Ti]([Cl])[Cl]. The van der Waals surface area contributed by atoms with Crippen LogP contribution in [0.2, 0.25) is 0 Å². The molecule has 0 saturated carbocycles. The number of para-hydroxylation sites is 1. The number of imidazole rings is 1. The van der Waals surface area contributed by atoms with Gasteiger partial charge in [0.25, 0.3) is 0 Å². The van der Waals surface area contributed by atoms with E-state index < -0.39 is 15.6 Å². The van der Waals surface area contributed by atoms with Crippen LogP contribution in [0.15, 0.2) is 92.5 Å². The van der Waals surface area contributed by atoms with E-state index in [0.29, 0.717) is 0 Å². The number of rotatable bonds is 4. The molecule has 0 radical (unpaired) electrons. The average Bonchev–Trinajstić information content (AvgIpc) is 3.35. The first kappa shape index (κ1) is 38.5. The fraction of sp³-hybridized carbons (Fsp3) is 0.317. The summed E-state index contributed by atoms with van der Waals surface area (Å²) in [7, 11) is 11.6. The van der Waals surface area contributed by atoms with Crippen LogP contribution in [0.1, 0.15) is 77.8 Å². The van der Waals surface area contributed by atoms with Crippen LogP contribution >= 0.6 is 18.6 Å². The number of halogens is 2. The van der Waals surface area contributed by atoms with E-state index in [4.69, 9.17) is 28.6 Å². The molecule has 0 aliphatic rings. The van der Waals surface area contributed by atoms with Crippen molar-refractivity contribution in [2.75, 3.05) is 0 Å². The zero-order chi connectivity index (χ0) is 36.2. The van der Waals surface area contributed by atoms with Crippen molar-refractivity contribution >= 4 is 35.8 Å². The van der Waals surface area contributed by atoms with Crippen LogP contribution in [-0.4, -0.2) is 15.0 Å². The Balaban J connectivity index is 0.000000324. The van der Waals surface area contributed by atoms with Crippen molar-refractivity contribution in [3.8, 4) is 11.4 Å². The number of hydrogen-bond acceptors (Lipinski definition) is 2. The quantitative estimate of drug-likeness (QED) is 0.100. The van der Waals surface area contributed by atoms with E-state index >= 15 is 0 Å². The molecule has 5 nitrogen and oxygen atoms in total. The number of aryl methyl sites for hydroxylation is 8. The molecule has 0 atom stereocenters. The molecule has 0 unspecified atom stereocenters. The molecule has 0 spiro atoms. The normalized spacial score (nSPS) is 11.6. The van der Waals surface area contributed by atoms with Crippen LogP contribution < -0.4 is 5.62 Å². The Morgan fingerprint density at radius 1 is 0.633 bits per heavy atom. The minimum atomic E-state index is -2.17. The summed E-state index contributed by atoms with van der Waals surface area (Å²) in [5.74, 6) is 0.723. The van der Waals surface area contributed by atoms with Crippen molar-refractivity contribution in [3.63, 3.8) is 0 Å². The maximum atomic E-state index is 5.80. The van der Waals surface area contributed by atoms with E-state index in [1.807, 2.05) is 25.1 Å². The molecule has 256 valence electrons. The van der Waals surface area contributed by atoms with E-state index in [1.165, 1.54) is 38.9 Å². The molecule has 49 heavy (non-hydrogen) atoms. The number of amidine groups is 1. The van der Waals surface area contributed by atoms with Crippen molar-refractivity contribution in [1.82, 2.24) is 9.13 Å². The third-order valence-electron chi connectivity index (χ3n) is 8.44. The van der Waals surface area contributed by atoms with Gasteiger partial charge in [-0.3, -0.25) is 9.13 Å². The summed E-state index contributed by atoms with van der Waals surface area (Å²) in [6.07, 6.45) is 4.24. The second-order valence-electron chi connectivity index (χ2n) is 14.0. The van der Waals surface area contributed by atoms with Crippen LogP contribution in [0, 0.1) is 55.4 Å². The van der Waals surface area contributed by atoms with Gasteiger partial charge in [-0.05, 0) is 95.7 Å². The van der Waals surface area contributed by atoms with Gasteiger partial charge in [0.2, 0.25) is 5.62 Å². The van der Waals surface area contributed by atoms with E-state index in [0.717, 1.165) is 45.3 Å². The third-order valence-corrected chi connectivity index (χ3v) is 9.78. The van der Waals surface area contributed by atoms with Crippen LogP contribution in [-0.2, 0) is 21.0 Å². The topological polar surface area (TPSA) is 46.9 Å². The molecule has 1 heterocycles. The standard InChI is InChI=1S/C31H36N4.C10H13N.2ClH.Ti/c1-19-15-23(5)29(24(6)16-19)34-13-14-35(30-25(7)17-20(2)18-26(30)8)31(34)33-27(9)32-28-21(3)11-10-12-22(28)4;1-10(2,3)8-6-4-5-7-9(8)11;;;/h10-18H,1-9H3;4-7H,1-3H3;2*1H;/q;;;;+2/p-2. The second-order valence-corrected chi connectivity index (χ2v) is 18.8. The van der Waals surface area contributed by atoms with Crippen molar-refractivity contribution in [2.24, 2.45) is 13.4 Å². The summed E-state index contributed by atoms with van der Waals surface area (Å²) in [5, 5.41) is 0. The van der Waals surface area contributed by atoms with E-state index in [1.54, 1.807) is 0 Å². The molecule has 5 aromatic rings. The van der Waals surface area contributed by atoms with Crippen molar-refractivity contribution in [1.29, 1.82) is 0 Å². The summed E-state index contributed by atoms with van der Waals surface area (Å²) in [6, 6.07) is 23.2. The first-order valence-electron chi connectivity index (χ1n) is 16.6. The van der Waals surface area contributed by atoms with Crippen LogP contribution in [0.4, 0.5) is 11.4 Å². The monoisotopic (exact) mass is 729 g/mol. The second kappa shape index (κ2) is 16.1. The van der Waals surface area contributed by atoms with E-state index in [9.17, 15) is 0 Å². The van der Waals surface area contributed by atoms with Gasteiger partial charge in [-0.1, -0.05) is 53.6 Å². The van der Waals surface area contributed by atoms with Gasteiger partial charge in [0.15, 0.2) is 0 Å². The Bertz CT molecular complexity index is 1980. The molecular formula is C41H49Cl2N5Ti. The molecule has 8 heteroatoms. The molecule has 0 aliphatic heterocycles. The summed E-state index contributed by atoms with van der Waals surface area (Å²) in [5.41, 5.74) is 16.1. The fourth-order valence-corrected chi connectivity index (χ4v) is 7.89. The van der Waals surface area contributed by atoms with Gasteiger partial charge in [-0.2, -0.15) is 4.99 Å². The molecule has 1 aromatic heterocycles. The molecule has 0 N–H and O–H groups in total. The van der Waals surface area contributed by atoms with Crippen LogP contribution in [0.3, 0.4) is 0 Å². The fourth-order valence-electron chi connectivity index (χ4n) is 6.55. The van der Waals surface area contributed by atoms with Crippen LogP contribution in [0.5, 0.6) is 0 Å². The molecule has 4 aromatic carbocycles. The van der Waals surface area contributed by atoms with Crippen molar-refractivity contribution < 1.29 is 15.6 Å². The van der Waals surface area contributed by atoms with Crippen LogP contribution in [0.25, 0.3) is 11.4 Å². The summed E-state index contributed by atoms with van der Waals surface area (Å²) >= 11 is -2.17. The van der Waals surface area contributed by atoms with E-state index in [-0.39, 0.29) is 5.41 Å². The van der Waals surface area contributed by atoms with Gasteiger partial charge in [0, 0.05) is 12.4 Å². The maximum absolute atomic E-state index is 5.80. The van der Waals surface area contributed by atoms with Gasteiger partial charge in [0.05, 0.1) is 17.1 Å². The van der Waals surface area contributed by atoms with Gasteiger partial charge >= 0.3 is 99.3 Å². The Labute approximate surface area is 306 Å². The number of hydrogen-bond donors (Lipinski definition) is 0. The first-order valence-corrected chi connectivity index (χ1v) is 21.6. The minimum absolute atomic E-state index is 0.0850. The molecule has 0 amide bonds. The number of nitrogens with zero attached hydrogens (tertiary/aromatic N) is 5. The Kier molecular flexibility index (Phi) is 12.7. The molecule has 0 bridgehead atoms. The van der Waals surface area contributed by atoms with Gasteiger partial charge < -0.3 is 0 Å². The number of benzene rings is 4. The third kappa shape index (κ3) is 9.46. The van der Waals surface area contributed by atoms with Crippen molar-refractivity contribution in [2.45, 2.75) is 88.5 Å².